The molecule has 1 aliphatic heterocycles. The van der Waals surface area contributed by atoms with Gasteiger partial charge in [-0.25, -0.2) is 0 Å². The molecule has 1 amide bonds. The number of hydrogen-bond acceptors (Lipinski definition) is 3. The number of halogens is 2. The quantitative estimate of drug-likeness (QED) is 0.894. The lowest BCUT2D eigenvalue weighted by Crippen LogP contribution is -2.50. The molecular weight excluding hydrogens is 333 g/mol. The van der Waals surface area contributed by atoms with E-state index in [1.165, 1.54) is 5.56 Å². The largest absolute Gasteiger partial charge is 0.339 e. The number of carbonyl (C=O) groups excluding carboxylic acids is 1. The molecule has 2 unspecified atom stereocenters. The second-order valence-corrected chi connectivity index (χ2v) is 6.62. The van der Waals surface area contributed by atoms with E-state index in [-0.39, 0.29) is 36.3 Å². The maximum absolute atomic E-state index is 12.3. The van der Waals surface area contributed by atoms with Gasteiger partial charge in [-0.1, -0.05) is 30.3 Å². The zero-order valence-corrected chi connectivity index (χ0v) is 15.5. The fourth-order valence-electron chi connectivity index (χ4n) is 3.18. The van der Waals surface area contributed by atoms with Crippen molar-refractivity contribution in [2.45, 2.75) is 24.8 Å². The summed E-state index contributed by atoms with van der Waals surface area (Å²) in [5, 5.41) is 3.49. The van der Waals surface area contributed by atoms with Crippen LogP contribution in [0.25, 0.3) is 0 Å². The molecule has 1 saturated heterocycles. The van der Waals surface area contributed by atoms with E-state index in [1.54, 1.807) is 0 Å². The Morgan fingerprint density at radius 1 is 1.17 bits per heavy atom. The van der Waals surface area contributed by atoms with Crippen molar-refractivity contribution in [1.82, 2.24) is 15.1 Å². The van der Waals surface area contributed by atoms with Crippen LogP contribution in [0.4, 0.5) is 0 Å². The van der Waals surface area contributed by atoms with Crippen molar-refractivity contribution < 1.29 is 4.79 Å². The molecule has 1 saturated carbocycles. The number of piperazine rings is 1. The zero-order valence-electron chi connectivity index (χ0n) is 13.8. The summed E-state index contributed by atoms with van der Waals surface area (Å²) in [5.74, 6) is 0.780. The van der Waals surface area contributed by atoms with Gasteiger partial charge in [0.05, 0.1) is 6.54 Å². The summed E-state index contributed by atoms with van der Waals surface area (Å²) in [7, 11) is 2.11. The molecule has 0 radical (unpaired) electrons. The van der Waals surface area contributed by atoms with Crippen LogP contribution in [-0.4, -0.2) is 61.0 Å². The number of hydrogen-bond donors (Lipinski definition) is 1. The summed E-state index contributed by atoms with van der Waals surface area (Å²) >= 11 is 0. The van der Waals surface area contributed by atoms with E-state index < -0.39 is 0 Å². The molecule has 0 spiro atoms. The standard InChI is InChI=1S/C17H25N3O.2ClH/c1-17(12-15(17)14-6-4-3-5-7-14)18-13-16(21)20-10-8-19(2)9-11-20;;/h3-7,15,18H,8-13H2,1-2H3;2*1H. The van der Waals surface area contributed by atoms with E-state index in [0.717, 1.165) is 32.6 Å². The van der Waals surface area contributed by atoms with Gasteiger partial charge in [-0.05, 0) is 26.0 Å². The topological polar surface area (TPSA) is 35.6 Å². The van der Waals surface area contributed by atoms with Gasteiger partial charge in [0, 0.05) is 37.6 Å². The molecule has 6 heteroatoms. The first kappa shape index (κ1) is 20.2. The Morgan fingerprint density at radius 3 is 2.39 bits per heavy atom. The monoisotopic (exact) mass is 359 g/mol. The lowest BCUT2D eigenvalue weighted by molar-refractivity contribution is -0.131. The van der Waals surface area contributed by atoms with Crippen molar-refractivity contribution in [3.8, 4) is 0 Å². The Labute approximate surface area is 151 Å². The fraction of sp³-hybridized carbons (Fsp3) is 0.588. The predicted molar refractivity (Wildman–Crippen MR) is 98.8 cm³/mol. The van der Waals surface area contributed by atoms with E-state index >= 15 is 0 Å². The number of nitrogens with zero attached hydrogens (tertiary/aromatic N) is 2. The normalized spacial score (nSPS) is 26.9. The summed E-state index contributed by atoms with van der Waals surface area (Å²) < 4.78 is 0. The Hall–Kier alpha value is -0.810. The number of amides is 1. The lowest BCUT2D eigenvalue weighted by Gasteiger charge is -2.32. The summed E-state index contributed by atoms with van der Waals surface area (Å²) in [6.07, 6.45) is 1.12. The van der Waals surface area contributed by atoms with Crippen molar-refractivity contribution in [3.05, 3.63) is 35.9 Å². The number of benzene rings is 1. The third-order valence-electron chi connectivity index (χ3n) is 4.94. The van der Waals surface area contributed by atoms with Crippen LogP contribution < -0.4 is 5.32 Å². The predicted octanol–water partition coefficient (Wildman–Crippen LogP) is 2.14. The van der Waals surface area contributed by atoms with Gasteiger partial charge in [-0.2, -0.15) is 0 Å². The van der Waals surface area contributed by atoms with E-state index in [4.69, 9.17) is 0 Å². The van der Waals surface area contributed by atoms with Gasteiger partial charge in [0.1, 0.15) is 0 Å². The molecule has 4 nitrogen and oxygen atoms in total. The molecule has 2 atom stereocenters. The molecule has 1 N–H and O–H groups in total. The Bertz CT molecular complexity index is 506. The highest BCUT2D eigenvalue weighted by molar-refractivity contribution is 5.85. The first-order valence-corrected chi connectivity index (χ1v) is 7.85. The number of nitrogens with one attached hydrogen (secondary N) is 1. The Morgan fingerprint density at radius 2 is 1.78 bits per heavy atom. The van der Waals surface area contributed by atoms with Gasteiger partial charge >= 0.3 is 0 Å². The Balaban J connectivity index is 0.00000132. The molecule has 1 aliphatic carbocycles. The van der Waals surface area contributed by atoms with Crippen LogP contribution >= 0.6 is 24.8 Å². The van der Waals surface area contributed by atoms with Crippen LogP contribution in [0.3, 0.4) is 0 Å². The van der Waals surface area contributed by atoms with Gasteiger partial charge in [-0.15, -0.1) is 24.8 Å². The van der Waals surface area contributed by atoms with Crippen LogP contribution in [-0.2, 0) is 4.79 Å². The molecule has 1 heterocycles. The van der Waals surface area contributed by atoms with Crippen molar-refractivity contribution >= 4 is 30.7 Å². The third kappa shape index (κ3) is 4.83. The van der Waals surface area contributed by atoms with Gasteiger partial charge in [-0.3, -0.25) is 4.79 Å². The van der Waals surface area contributed by atoms with Crippen LogP contribution in [0.5, 0.6) is 0 Å². The number of carbonyl (C=O) groups is 1. The van der Waals surface area contributed by atoms with Crippen molar-refractivity contribution in [1.29, 1.82) is 0 Å². The van der Waals surface area contributed by atoms with Crippen molar-refractivity contribution in [2.24, 2.45) is 0 Å². The maximum atomic E-state index is 12.3. The Kier molecular flexibility index (Phi) is 7.33. The molecule has 23 heavy (non-hydrogen) atoms. The summed E-state index contributed by atoms with van der Waals surface area (Å²) in [6, 6.07) is 10.6. The molecule has 3 rings (SSSR count). The summed E-state index contributed by atoms with van der Waals surface area (Å²) in [5.41, 5.74) is 1.46. The highest BCUT2D eigenvalue weighted by atomic mass is 35.5. The summed E-state index contributed by atoms with van der Waals surface area (Å²) in [6.45, 7) is 6.36. The number of likely N-dealkylation sites (N-methyl/N-ethyl adjacent to an activating group) is 1. The van der Waals surface area contributed by atoms with Crippen LogP contribution in [0.1, 0.15) is 24.8 Å². The first-order valence-electron chi connectivity index (χ1n) is 7.85. The molecule has 1 aromatic rings. The second-order valence-electron chi connectivity index (χ2n) is 6.62. The van der Waals surface area contributed by atoms with Gasteiger partial charge in [0.2, 0.25) is 5.91 Å². The van der Waals surface area contributed by atoms with E-state index in [0.29, 0.717) is 12.5 Å². The smallest absolute Gasteiger partial charge is 0.236 e. The SMILES string of the molecule is CN1CCN(C(=O)CNC2(C)CC2c2ccccc2)CC1.Cl.Cl. The minimum Gasteiger partial charge on any atom is -0.339 e. The average Bonchev–Trinajstić information content (AvgIpc) is 3.19. The van der Waals surface area contributed by atoms with Gasteiger partial charge in [0.25, 0.3) is 0 Å². The van der Waals surface area contributed by atoms with Crippen LogP contribution in [0, 0.1) is 0 Å². The van der Waals surface area contributed by atoms with Crippen LogP contribution in [0.15, 0.2) is 30.3 Å². The fourth-order valence-corrected chi connectivity index (χ4v) is 3.18. The molecule has 130 valence electrons. The molecule has 0 bridgehead atoms. The molecule has 0 aromatic heterocycles. The first-order chi connectivity index (χ1) is 10.1. The van der Waals surface area contributed by atoms with Crippen molar-refractivity contribution in [3.63, 3.8) is 0 Å². The minimum absolute atomic E-state index is 0. The minimum atomic E-state index is 0. The summed E-state index contributed by atoms with van der Waals surface area (Å²) in [4.78, 5) is 16.5. The molecule has 2 aliphatic rings. The van der Waals surface area contributed by atoms with E-state index in [1.807, 2.05) is 11.0 Å². The highest BCUT2D eigenvalue weighted by Crippen LogP contribution is 2.50. The van der Waals surface area contributed by atoms with E-state index in [2.05, 4.69) is 48.5 Å². The third-order valence-corrected chi connectivity index (χ3v) is 4.94. The highest BCUT2D eigenvalue weighted by Gasteiger charge is 2.50. The maximum Gasteiger partial charge on any atom is 0.236 e. The zero-order chi connectivity index (χ0) is 14.9. The van der Waals surface area contributed by atoms with Gasteiger partial charge in [0.15, 0.2) is 0 Å². The van der Waals surface area contributed by atoms with E-state index in [9.17, 15) is 4.79 Å². The molecular formula is C17H27Cl2N3O. The molecule has 2 fully saturated rings. The second kappa shape index (κ2) is 8.34. The van der Waals surface area contributed by atoms with Gasteiger partial charge < -0.3 is 15.1 Å². The van der Waals surface area contributed by atoms with Crippen LogP contribution in [0.2, 0.25) is 0 Å². The molecule has 1 aromatic carbocycles. The lowest BCUT2D eigenvalue weighted by atomic mass is 10.1. The van der Waals surface area contributed by atoms with Crippen molar-refractivity contribution in [2.75, 3.05) is 39.8 Å². The number of rotatable bonds is 4. The average molecular weight is 360 g/mol.